The highest BCUT2D eigenvalue weighted by Crippen LogP contribution is 2.26. The maximum Gasteiger partial charge on any atom is 0.317 e. The summed E-state index contributed by atoms with van der Waals surface area (Å²) in [6.45, 7) is 5.37. The number of likely N-dealkylation sites (tertiary alicyclic amines) is 1. The molecular weight excluding hydrogens is 300 g/mol. The van der Waals surface area contributed by atoms with Gasteiger partial charge in [0.2, 0.25) is 0 Å². The number of rotatable bonds is 5. The minimum atomic E-state index is 0.0130. The molecule has 2 aliphatic rings. The molecule has 3 rings (SSSR count). The summed E-state index contributed by atoms with van der Waals surface area (Å²) in [5, 5.41) is 3.21. The highest BCUT2D eigenvalue weighted by Gasteiger charge is 2.28. The number of carbonyl (C=O) groups is 1. The normalized spacial score (nSPS) is 23.3. The van der Waals surface area contributed by atoms with Gasteiger partial charge in [-0.05, 0) is 43.7 Å². The molecule has 2 amide bonds. The zero-order valence-electron chi connectivity index (χ0n) is 14.9. The van der Waals surface area contributed by atoms with Crippen LogP contribution in [0.4, 0.5) is 4.79 Å². The average Bonchev–Trinajstić information content (AvgIpc) is 3.27. The van der Waals surface area contributed by atoms with Gasteiger partial charge in [-0.3, -0.25) is 4.98 Å². The Morgan fingerprint density at radius 3 is 2.92 bits per heavy atom. The van der Waals surface area contributed by atoms with Crippen molar-refractivity contribution >= 4 is 6.03 Å². The summed E-state index contributed by atoms with van der Waals surface area (Å²) in [5.41, 5.74) is 1.06. The van der Waals surface area contributed by atoms with Gasteiger partial charge in [0.25, 0.3) is 0 Å². The van der Waals surface area contributed by atoms with E-state index in [0.29, 0.717) is 0 Å². The quantitative estimate of drug-likeness (QED) is 0.903. The van der Waals surface area contributed by atoms with Gasteiger partial charge in [-0.15, -0.1) is 0 Å². The van der Waals surface area contributed by atoms with E-state index in [1.807, 2.05) is 32.3 Å². The molecule has 24 heavy (non-hydrogen) atoms. The third-order valence-corrected chi connectivity index (χ3v) is 5.66. The Balaban J connectivity index is 1.46. The summed E-state index contributed by atoms with van der Waals surface area (Å²) in [6.07, 6.45) is 10.2. The Hall–Kier alpha value is -1.62. The molecule has 1 saturated carbocycles. The molecule has 1 N–H and O–H groups in total. The maximum absolute atomic E-state index is 12.5. The molecule has 2 atom stereocenters. The lowest BCUT2D eigenvalue weighted by atomic mass is 10.1. The molecule has 1 aromatic heterocycles. The number of nitrogens with zero attached hydrogens (tertiary/aromatic N) is 3. The van der Waals surface area contributed by atoms with Gasteiger partial charge in [0.05, 0.1) is 6.04 Å². The second kappa shape index (κ2) is 7.97. The van der Waals surface area contributed by atoms with Crippen LogP contribution in [0.2, 0.25) is 0 Å². The van der Waals surface area contributed by atoms with E-state index in [1.54, 1.807) is 11.1 Å². The molecule has 132 valence electrons. The molecule has 1 saturated heterocycles. The Morgan fingerprint density at radius 1 is 1.42 bits per heavy atom. The number of nitrogens with one attached hydrogen (secondary N) is 1. The van der Waals surface area contributed by atoms with Crippen LogP contribution in [0.15, 0.2) is 24.5 Å². The smallest absolute Gasteiger partial charge is 0.317 e. The monoisotopic (exact) mass is 330 g/mol. The van der Waals surface area contributed by atoms with Gasteiger partial charge < -0.3 is 15.1 Å². The van der Waals surface area contributed by atoms with Gasteiger partial charge in [0.15, 0.2) is 0 Å². The van der Waals surface area contributed by atoms with Crippen LogP contribution in [0.1, 0.15) is 50.6 Å². The molecule has 0 spiro atoms. The first-order valence-corrected chi connectivity index (χ1v) is 9.29. The summed E-state index contributed by atoms with van der Waals surface area (Å²) in [5.74, 6) is 0.882. The maximum atomic E-state index is 12.5. The zero-order chi connectivity index (χ0) is 16.9. The lowest BCUT2D eigenvalue weighted by Gasteiger charge is -2.27. The van der Waals surface area contributed by atoms with Gasteiger partial charge in [-0.25, -0.2) is 4.79 Å². The van der Waals surface area contributed by atoms with Crippen LogP contribution in [0.25, 0.3) is 0 Å². The molecule has 0 aromatic carbocycles. The second-order valence-corrected chi connectivity index (χ2v) is 7.42. The van der Waals surface area contributed by atoms with E-state index < -0.39 is 0 Å². The topological polar surface area (TPSA) is 48.5 Å². The summed E-state index contributed by atoms with van der Waals surface area (Å²) < 4.78 is 0. The minimum Gasteiger partial charge on any atom is -0.334 e. The number of carbonyl (C=O) groups excluding carboxylic acids is 1. The van der Waals surface area contributed by atoms with E-state index in [4.69, 9.17) is 0 Å². The van der Waals surface area contributed by atoms with Crippen molar-refractivity contribution in [3.05, 3.63) is 30.1 Å². The molecule has 2 heterocycles. The Kier molecular flexibility index (Phi) is 5.72. The number of urea groups is 1. The summed E-state index contributed by atoms with van der Waals surface area (Å²) >= 11 is 0. The fourth-order valence-corrected chi connectivity index (χ4v) is 3.97. The van der Waals surface area contributed by atoms with Crippen molar-refractivity contribution in [1.82, 2.24) is 20.1 Å². The van der Waals surface area contributed by atoms with Crippen LogP contribution in [-0.2, 0) is 0 Å². The van der Waals surface area contributed by atoms with Crippen molar-refractivity contribution in [3.8, 4) is 0 Å². The van der Waals surface area contributed by atoms with Crippen LogP contribution in [0.5, 0.6) is 0 Å². The Labute approximate surface area is 145 Å². The van der Waals surface area contributed by atoms with Crippen molar-refractivity contribution in [2.75, 3.05) is 26.7 Å². The number of hydrogen-bond acceptors (Lipinski definition) is 3. The molecule has 5 nitrogen and oxygen atoms in total. The minimum absolute atomic E-state index is 0.0130. The van der Waals surface area contributed by atoms with Crippen molar-refractivity contribution < 1.29 is 4.79 Å². The highest BCUT2D eigenvalue weighted by atomic mass is 16.2. The Morgan fingerprint density at radius 2 is 2.21 bits per heavy atom. The molecule has 2 fully saturated rings. The molecule has 1 aromatic rings. The van der Waals surface area contributed by atoms with Crippen LogP contribution >= 0.6 is 0 Å². The van der Waals surface area contributed by atoms with E-state index in [2.05, 4.69) is 15.2 Å². The van der Waals surface area contributed by atoms with Gasteiger partial charge in [-0.2, -0.15) is 0 Å². The summed E-state index contributed by atoms with van der Waals surface area (Å²) in [6, 6.07) is 4.24. The van der Waals surface area contributed by atoms with Crippen LogP contribution in [0, 0.1) is 5.92 Å². The predicted molar refractivity (Wildman–Crippen MR) is 95.7 cm³/mol. The summed E-state index contributed by atoms with van der Waals surface area (Å²) in [4.78, 5) is 21.0. The second-order valence-electron chi connectivity index (χ2n) is 7.42. The summed E-state index contributed by atoms with van der Waals surface area (Å²) in [7, 11) is 1.86. The fourth-order valence-electron chi connectivity index (χ4n) is 3.97. The van der Waals surface area contributed by atoms with Gasteiger partial charge >= 0.3 is 6.03 Å². The first-order chi connectivity index (χ1) is 11.6. The third-order valence-electron chi connectivity index (χ3n) is 5.66. The molecule has 5 heteroatoms. The molecule has 1 aliphatic carbocycles. The average molecular weight is 330 g/mol. The highest BCUT2D eigenvalue weighted by molar-refractivity contribution is 5.74. The number of hydrogen-bond donors (Lipinski definition) is 1. The molecule has 1 aliphatic heterocycles. The van der Waals surface area contributed by atoms with Crippen molar-refractivity contribution in [3.63, 3.8) is 0 Å². The van der Waals surface area contributed by atoms with E-state index in [1.165, 1.54) is 32.2 Å². The van der Waals surface area contributed by atoms with Crippen LogP contribution < -0.4 is 5.32 Å². The van der Waals surface area contributed by atoms with E-state index in [0.717, 1.165) is 31.0 Å². The lowest BCUT2D eigenvalue weighted by molar-refractivity contribution is 0.189. The first kappa shape index (κ1) is 17.2. The largest absolute Gasteiger partial charge is 0.334 e. The first-order valence-electron chi connectivity index (χ1n) is 9.29. The van der Waals surface area contributed by atoms with E-state index in [-0.39, 0.29) is 18.1 Å². The van der Waals surface area contributed by atoms with Crippen LogP contribution in [-0.4, -0.2) is 53.5 Å². The third kappa shape index (κ3) is 4.26. The molecule has 0 bridgehead atoms. The predicted octanol–water partition coefficient (Wildman–Crippen LogP) is 3.05. The van der Waals surface area contributed by atoms with Crippen LogP contribution in [0.3, 0.4) is 0 Å². The van der Waals surface area contributed by atoms with Gasteiger partial charge in [0.1, 0.15) is 0 Å². The zero-order valence-corrected chi connectivity index (χ0v) is 14.9. The Bertz CT molecular complexity index is 529. The molecule has 0 radical (unpaired) electrons. The van der Waals surface area contributed by atoms with Crippen molar-refractivity contribution in [1.29, 1.82) is 0 Å². The van der Waals surface area contributed by atoms with E-state index >= 15 is 0 Å². The number of amides is 2. The molecule has 0 unspecified atom stereocenters. The van der Waals surface area contributed by atoms with E-state index in [9.17, 15) is 4.79 Å². The van der Waals surface area contributed by atoms with Crippen molar-refractivity contribution in [2.45, 2.75) is 51.1 Å². The van der Waals surface area contributed by atoms with Gasteiger partial charge in [-0.1, -0.05) is 18.9 Å². The van der Waals surface area contributed by atoms with Crippen molar-refractivity contribution in [2.24, 2.45) is 5.92 Å². The lowest BCUT2D eigenvalue weighted by Crippen LogP contribution is -2.45. The number of pyridine rings is 1. The number of aromatic nitrogens is 1. The SMILES string of the molecule is C[C@H](c1cccnc1)N(C)C(=O)N[C@H]1CCN(CC2CCCC2)C1. The molecular formula is C19H30N4O. The standard InChI is InChI=1S/C19H30N4O/c1-15(17-8-5-10-20-12-17)22(2)19(24)21-18-9-11-23(14-18)13-16-6-3-4-7-16/h5,8,10,12,15-16,18H,3-4,6-7,9,11,13-14H2,1-2H3,(H,21,24)/t15-,18+/m1/s1. The fraction of sp³-hybridized carbons (Fsp3) is 0.684. The van der Waals surface area contributed by atoms with Gasteiger partial charge in [0, 0.05) is 45.1 Å².